The predicted octanol–water partition coefficient (Wildman–Crippen LogP) is 2.65. The number of carbonyl (C=O) groups is 2. The first kappa shape index (κ1) is 12.9. The van der Waals surface area contributed by atoms with E-state index >= 15 is 0 Å². The molecule has 3 heteroatoms. The Hall–Kier alpha value is -1.12. The molecule has 1 atom stereocenters. The zero-order chi connectivity index (χ0) is 12.0. The first-order valence-corrected chi connectivity index (χ1v) is 5.99. The minimum absolute atomic E-state index is 0.0309. The van der Waals surface area contributed by atoms with Gasteiger partial charge in [0.1, 0.15) is 11.2 Å². The van der Waals surface area contributed by atoms with Crippen LogP contribution in [0.1, 0.15) is 45.4 Å². The van der Waals surface area contributed by atoms with Crippen LogP contribution in [0.5, 0.6) is 0 Å². The molecule has 1 aliphatic rings. The molecular formula is C13H20O3. The lowest BCUT2D eigenvalue weighted by Crippen LogP contribution is -2.39. The fraction of sp³-hybridized carbons (Fsp3) is 0.692. The van der Waals surface area contributed by atoms with Crippen LogP contribution in [0.15, 0.2) is 12.7 Å². The Labute approximate surface area is 96.9 Å². The van der Waals surface area contributed by atoms with Crippen LogP contribution in [0.2, 0.25) is 0 Å². The van der Waals surface area contributed by atoms with Gasteiger partial charge in [-0.2, -0.15) is 0 Å². The fourth-order valence-electron chi connectivity index (χ4n) is 2.30. The van der Waals surface area contributed by atoms with Gasteiger partial charge in [-0.1, -0.05) is 18.9 Å². The number of rotatable bonds is 4. The molecule has 0 amide bonds. The van der Waals surface area contributed by atoms with E-state index in [4.69, 9.17) is 4.74 Å². The van der Waals surface area contributed by atoms with Gasteiger partial charge >= 0.3 is 5.97 Å². The van der Waals surface area contributed by atoms with Gasteiger partial charge in [0, 0.05) is 6.42 Å². The van der Waals surface area contributed by atoms with E-state index in [1.807, 2.05) is 0 Å². The van der Waals surface area contributed by atoms with E-state index in [2.05, 4.69) is 6.58 Å². The number of allylic oxidation sites excluding steroid dienone is 1. The van der Waals surface area contributed by atoms with Crippen LogP contribution < -0.4 is 0 Å². The Kier molecular flexibility index (Phi) is 4.71. The molecule has 1 fully saturated rings. The van der Waals surface area contributed by atoms with Crippen LogP contribution in [0.4, 0.5) is 0 Å². The average Bonchev–Trinajstić information content (AvgIpc) is 2.43. The molecule has 0 aliphatic heterocycles. The molecule has 0 N–H and O–H groups in total. The summed E-state index contributed by atoms with van der Waals surface area (Å²) in [7, 11) is 0. The zero-order valence-corrected chi connectivity index (χ0v) is 9.96. The molecule has 0 saturated heterocycles. The second-order valence-electron chi connectivity index (χ2n) is 4.28. The summed E-state index contributed by atoms with van der Waals surface area (Å²) in [6, 6.07) is 0. The van der Waals surface area contributed by atoms with Crippen molar-refractivity contribution >= 4 is 11.8 Å². The van der Waals surface area contributed by atoms with Crippen LogP contribution in [0, 0.1) is 5.41 Å². The van der Waals surface area contributed by atoms with E-state index < -0.39 is 5.41 Å². The van der Waals surface area contributed by atoms with Gasteiger partial charge in [0.2, 0.25) is 0 Å². The summed E-state index contributed by atoms with van der Waals surface area (Å²) in [5, 5.41) is 0. The van der Waals surface area contributed by atoms with Crippen molar-refractivity contribution in [2.75, 3.05) is 6.61 Å². The lowest BCUT2D eigenvalue weighted by atomic mass is 9.76. The Morgan fingerprint density at radius 3 is 2.88 bits per heavy atom. The molecule has 1 aliphatic carbocycles. The molecule has 0 heterocycles. The predicted molar refractivity (Wildman–Crippen MR) is 62.0 cm³/mol. The maximum atomic E-state index is 12.1. The van der Waals surface area contributed by atoms with Crippen LogP contribution >= 0.6 is 0 Å². The van der Waals surface area contributed by atoms with Gasteiger partial charge in [0.15, 0.2) is 0 Å². The van der Waals surface area contributed by atoms with Gasteiger partial charge < -0.3 is 4.74 Å². The smallest absolute Gasteiger partial charge is 0.319 e. The number of carbonyl (C=O) groups excluding carboxylic acids is 2. The second-order valence-corrected chi connectivity index (χ2v) is 4.28. The van der Waals surface area contributed by atoms with Crippen molar-refractivity contribution in [1.29, 1.82) is 0 Å². The summed E-state index contributed by atoms with van der Waals surface area (Å²) in [4.78, 5) is 24.1. The zero-order valence-electron chi connectivity index (χ0n) is 9.96. The molecule has 0 spiro atoms. The summed E-state index contributed by atoms with van der Waals surface area (Å²) >= 11 is 0. The van der Waals surface area contributed by atoms with E-state index in [1.165, 1.54) is 0 Å². The van der Waals surface area contributed by atoms with Crippen molar-refractivity contribution in [3.8, 4) is 0 Å². The minimum Gasteiger partial charge on any atom is -0.465 e. The second kappa shape index (κ2) is 5.83. The Bertz CT molecular complexity index is 283. The van der Waals surface area contributed by atoms with Crippen LogP contribution in [-0.2, 0) is 14.3 Å². The lowest BCUT2D eigenvalue weighted by Gasteiger charge is -2.27. The van der Waals surface area contributed by atoms with Gasteiger partial charge in [-0.15, -0.1) is 6.58 Å². The highest BCUT2D eigenvalue weighted by Gasteiger charge is 2.45. The summed E-state index contributed by atoms with van der Waals surface area (Å²) < 4.78 is 5.06. The number of Topliss-reactive ketones (excluding diaryl/α,β-unsaturated/α-hetero) is 1. The SMILES string of the molecule is C=CCC1(C(=O)OCC)CCCCCC1=O. The molecule has 3 nitrogen and oxygen atoms in total. The number of ether oxygens (including phenoxy) is 1. The van der Waals surface area contributed by atoms with Crippen molar-refractivity contribution in [2.45, 2.75) is 45.4 Å². The standard InChI is InChI=1S/C13H20O3/c1-3-9-13(12(15)16-4-2)10-7-5-6-8-11(13)14/h3H,1,4-10H2,2H3. The monoisotopic (exact) mass is 224 g/mol. The summed E-state index contributed by atoms with van der Waals surface area (Å²) in [6.45, 7) is 5.74. The summed E-state index contributed by atoms with van der Waals surface area (Å²) in [5.74, 6) is -0.329. The molecule has 0 aromatic heterocycles. The number of hydrogen-bond donors (Lipinski definition) is 0. The Balaban J connectivity index is 2.95. The van der Waals surface area contributed by atoms with Gasteiger partial charge in [-0.25, -0.2) is 0 Å². The fourth-order valence-corrected chi connectivity index (χ4v) is 2.30. The van der Waals surface area contributed by atoms with Crippen LogP contribution in [-0.4, -0.2) is 18.4 Å². The normalized spacial score (nSPS) is 25.9. The first-order chi connectivity index (χ1) is 7.67. The third-order valence-corrected chi connectivity index (χ3v) is 3.20. The quantitative estimate of drug-likeness (QED) is 0.319. The third-order valence-electron chi connectivity index (χ3n) is 3.20. The molecule has 0 radical (unpaired) electrons. The van der Waals surface area contributed by atoms with E-state index in [0.29, 0.717) is 25.9 Å². The van der Waals surface area contributed by atoms with Gasteiger partial charge in [0.25, 0.3) is 0 Å². The summed E-state index contributed by atoms with van der Waals surface area (Å²) in [5.41, 5.74) is -0.936. The topological polar surface area (TPSA) is 43.4 Å². The maximum absolute atomic E-state index is 12.1. The molecule has 0 aromatic rings. The highest BCUT2D eigenvalue weighted by molar-refractivity contribution is 6.04. The highest BCUT2D eigenvalue weighted by Crippen LogP contribution is 2.37. The number of hydrogen-bond acceptors (Lipinski definition) is 3. The van der Waals surface area contributed by atoms with Gasteiger partial charge in [0.05, 0.1) is 6.61 Å². The first-order valence-electron chi connectivity index (χ1n) is 5.99. The van der Waals surface area contributed by atoms with Gasteiger partial charge in [-0.3, -0.25) is 9.59 Å². The van der Waals surface area contributed by atoms with E-state index in [-0.39, 0.29) is 11.8 Å². The molecule has 90 valence electrons. The molecular weight excluding hydrogens is 204 g/mol. The molecule has 16 heavy (non-hydrogen) atoms. The summed E-state index contributed by atoms with van der Waals surface area (Å²) in [6.07, 6.45) is 5.98. The largest absolute Gasteiger partial charge is 0.465 e. The molecule has 1 rings (SSSR count). The molecule has 0 bridgehead atoms. The lowest BCUT2D eigenvalue weighted by molar-refractivity contribution is -0.160. The molecule has 1 saturated carbocycles. The van der Waals surface area contributed by atoms with E-state index in [1.54, 1.807) is 13.0 Å². The number of ketones is 1. The minimum atomic E-state index is -0.936. The van der Waals surface area contributed by atoms with E-state index in [0.717, 1.165) is 19.3 Å². The van der Waals surface area contributed by atoms with Crippen molar-refractivity contribution in [1.82, 2.24) is 0 Å². The van der Waals surface area contributed by atoms with Crippen molar-refractivity contribution in [2.24, 2.45) is 5.41 Å². The van der Waals surface area contributed by atoms with Crippen LogP contribution in [0.3, 0.4) is 0 Å². The van der Waals surface area contributed by atoms with E-state index in [9.17, 15) is 9.59 Å². The van der Waals surface area contributed by atoms with Crippen molar-refractivity contribution in [3.63, 3.8) is 0 Å². The Morgan fingerprint density at radius 1 is 1.50 bits per heavy atom. The van der Waals surface area contributed by atoms with Crippen molar-refractivity contribution in [3.05, 3.63) is 12.7 Å². The molecule has 1 unspecified atom stereocenters. The van der Waals surface area contributed by atoms with Gasteiger partial charge in [-0.05, 0) is 26.2 Å². The average molecular weight is 224 g/mol. The van der Waals surface area contributed by atoms with Crippen LogP contribution in [0.25, 0.3) is 0 Å². The molecule has 0 aromatic carbocycles. The maximum Gasteiger partial charge on any atom is 0.319 e. The Morgan fingerprint density at radius 2 is 2.25 bits per heavy atom. The third kappa shape index (κ3) is 2.52. The number of esters is 1. The highest BCUT2D eigenvalue weighted by atomic mass is 16.5. The van der Waals surface area contributed by atoms with Crippen molar-refractivity contribution < 1.29 is 14.3 Å².